The van der Waals surface area contributed by atoms with Crippen molar-refractivity contribution in [1.82, 2.24) is 10.3 Å². The molecule has 4 rings (SSSR count). The second-order valence-electron chi connectivity index (χ2n) is 9.45. The van der Waals surface area contributed by atoms with Crippen LogP contribution in [0.4, 0.5) is 23.4 Å². The molecule has 0 spiro atoms. The fourth-order valence-electron chi connectivity index (χ4n) is 4.85. The first-order valence-corrected chi connectivity index (χ1v) is 11.3. The van der Waals surface area contributed by atoms with E-state index < -0.39 is 40.7 Å². The normalized spacial score (nSPS) is 22.1. The van der Waals surface area contributed by atoms with Gasteiger partial charge in [-0.1, -0.05) is 0 Å². The molecule has 3 N–H and O–H groups in total. The Morgan fingerprint density at radius 3 is 2.31 bits per heavy atom. The van der Waals surface area contributed by atoms with Gasteiger partial charge in [-0.25, -0.2) is 9.37 Å². The van der Waals surface area contributed by atoms with Gasteiger partial charge in [0, 0.05) is 24.3 Å². The van der Waals surface area contributed by atoms with E-state index >= 15 is 0 Å². The number of nitrogens with one attached hydrogen (secondary N) is 1. The lowest BCUT2D eigenvalue weighted by Crippen LogP contribution is -2.55. The Kier molecular flexibility index (Phi) is 6.37. The van der Waals surface area contributed by atoms with Gasteiger partial charge in [-0.2, -0.15) is 13.2 Å². The van der Waals surface area contributed by atoms with Crippen LogP contribution in [0.15, 0.2) is 36.5 Å². The number of rotatable bonds is 6. The van der Waals surface area contributed by atoms with Gasteiger partial charge in [-0.3, -0.25) is 9.59 Å². The first kappa shape index (κ1) is 24.7. The second-order valence-corrected chi connectivity index (χ2v) is 9.45. The molecule has 0 radical (unpaired) electrons. The number of carbonyl (C=O) groups excluding carboxylic acids is 2. The number of hydrogen-bond donors (Lipinski definition) is 2. The van der Waals surface area contributed by atoms with Crippen molar-refractivity contribution in [2.75, 3.05) is 4.90 Å². The molecule has 0 aliphatic carbocycles. The largest absolute Gasteiger partial charge is 0.477 e. The summed E-state index contributed by atoms with van der Waals surface area (Å²) in [5.74, 6) is -2.04. The average Bonchev–Trinajstić information content (AvgIpc) is 3.04. The quantitative estimate of drug-likeness (QED) is 0.596. The summed E-state index contributed by atoms with van der Waals surface area (Å²) in [5.41, 5.74) is 2.69. The Morgan fingerprint density at radius 2 is 1.77 bits per heavy atom. The van der Waals surface area contributed by atoms with Gasteiger partial charge in [0.1, 0.15) is 22.9 Å². The smallest absolute Gasteiger partial charge is 0.420 e. The van der Waals surface area contributed by atoms with Crippen LogP contribution in [0.1, 0.15) is 55.5 Å². The Balaban J connectivity index is 1.43. The molecule has 188 valence electrons. The summed E-state index contributed by atoms with van der Waals surface area (Å²) in [4.78, 5) is 30.8. The topological polar surface area (TPSA) is 97.5 Å². The Bertz CT molecular complexity index is 1110. The summed E-state index contributed by atoms with van der Waals surface area (Å²) in [7, 11) is 0. The number of pyridine rings is 1. The summed E-state index contributed by atoms with van der Waals surface area (Å²) in [6, 6.07) is 5.50. The van der Waals surface area contributed by atoms with Crippen molar-refractivity contribution in [1.29, 1.82) is 0 Å². The van der Waals surface area contributed by atoms with Crippen molar-refractivity contribution in [2.24, 2.45) is 5.73 Å². The number of amides is 2. The number of hydrogen-bond acceptors (Lipinski definition) is 5. The summed E-state index contributed by atoms with van der Waals surface area (Å²) >= 11 is 0. The molecule has 1 aromatic carbocycles. The third-order valence-corrected chi connectivity index (χ3v) is 6.52. The van der Waals surface area contributed by atoms with Gasteiger partial charge in [0.2, 0.25) is 5.91 Å². The molecule has 2 bridgehead atoms. The highest BCUT2D eigenvalue weighted by Crippen LogP contribution is 2.40. The SMILES string of the molecule is CC(C)(Oc1ccc(F)cc1C(F)(F)F)C(=O)N[C@H]1C[C@H]2CC[C@@H](C1)N2c1ccc(C(N)=O)cn1. The molecule has 2 saturated heterocycles. The first-order valence-electron chi connectivity index (χ1n) is 11.3. The minimum Gasteiger partial charge on any atom is -0.477 e. The van der Waals surface area contributed by atoms with Crippen molar-refractivity contribution in [2.45, 2.75) is 69.4 Å². The summed E-state index contributed by atoms with van der Waals surface area (Å²) in [6.07, 6.45) is -0.333. The molecular weight excluding hydrogens is 468 g/mol. The van der Waals surface area contributed by atoms with Crippen molar-refractivity contribution in [3.63, 3.8) is 0 Å². The fourth-order valence-corrected chi connectivity index (χ4v) is 4.85. The number of aromatic nitrogens is 1. The van der Waals surface area contributed by atoms with Gasteiger partial charge >= 0.3 is 6.18 Å². The Labute approximate surface area is 199 Å². The van der Waals surface area contributed by atoms with Gasteiger partial charge in [-0.15, -0.1) is 0 Å². The number of nitrogens with zero attached hydrogens (tertiary/aromatic N) is 2. The lowest BCUT2D eigenvalue weighted by molar-refractivity contribution is -0.144. The van der Waals surface area contributed by atoms with E-state index in [4.69, 9.17) is 10.5 Å². The maximum absolute atomic E-state index is 13.4. The predicted molar refractivity (Wildman–Crippen MR) is 119 cm³/mol. The van der Waals surface area contributed by atoms with Crippen LogP contribution in [0, 0.1) is 5.82 Å². The van der Waals surface area contributed by atoms with Gasteiger partial charge in [0.05, 0.1) is 5.56 Å². The molecule has 2 fully saturated rings. The van der Waals surface area contributed by atoms with Crippen LogP contribution in [0.25, 0.3) is 0 Å². The molecule has 2 aliphatic rings. The number of piperidine rings is 1. The zero-order valence-electron chi connectivity index (χ0n) is 19.2. The monoisotopic (exact) mass is 494 g/mol. The molecule has 11 heteroatoms. The van der Waals surface area contributed by atoms with Crippen LogP contribution in [-0.4, -0.2) is 40.5 Å². The lowest BCUT2D eigenvalue weighted by Gasteiger charge is -2.41. The Morgan fingerprint density at radius 1 is 1.11 bits per heavy atom. The van der Waals surface area contributed by atoms with E-state index in [-0.39, 0.29) is 18.1 Å². The van der Waals surface area contributed by atoms with Crippen molar-refractivity contribution in [3.8, 4) is 5.75 Å². The standard InChI is InChI=1S/C24H26F4N4O3/c1-23(2,35-19-7-4-14(25)9-18(19)24(26,27)28)22(34)31-15-10-16-5-6-17(11-15)32(16)20-8-3-13(12-30-20)21(29)33/h3-4,7-9,12,15-17H,5-6,10-11H2,1-2H3,(H2,29,33)(H,31,34)/t15-,16+,17-. The predicted octanol–water partition coefficient (Wildman–Crippen LogP) is 3.81. The Hall–Kier alpha value is -3.37. The molecule has 7 nitrogen and oxygen atoms in total. The third kappa shape index (κ3) is 5.18. The van der Waals surface area contributed by atoms with Gasteiger partial charge in [0.15, 0.2) is 5.60 Å². The maximum atomic E-state index is 13.4. The third-order valence-electron chi connectivity index (χ3n) is 6.52. The van der Waals surface area contributed by atoms with Gasteiger partial charge in [0.25, 0.3) is 5.91 Å². The van der Waals surface area contributed by atoms with Crippen molar-refractivity contribution < 1.29 is 31.9 Å². The minimum absolute atomic E-state index is 0.115. The number of primary amides is 1. The highest BCUT2D eigenvalue weighted by molar-refractivity contribution is 5.92. The van der Waals surface area contributed by atoms with E-state index in [0.717, 1.165) is 30.8 Å². The zero-order chi connectivity index (χ0) is 25.5. The molecule has 0 unspecified atom stereocenters. The molecular formula is C24H26F4N4O3. The number of fused-ring (bicyclic) bond motifs is 2. The zero-order valence-corrected chi connectivity index (χ0v) is 19.2. The van der Waals surface area contributed by atoms with Crippen LogP contribution in [0.3, 0.4) is 0 Å². The first-order chi connectivity index (χ1) is 16.3. The summed E-state index contributed by atoms with van der Waals surface area (Å²) in [6.45, 7) is 2.75. The lowest BCUT2D eigenvalue weighted by atomic mass is 9.96. The number of ether oxygens (including phenoxy) is 1. The molecule has 3 atom stereocenters. The van der Waals surface area contributed by atoms with Gasteiger partial charge in [-0.05, 0) is 69.9 Å². The molecule has 1 aromatic heterocycles. The highest BCUT2D eigenvalue weighted by atomic mass is 19.4. The van der Waals surface area contributed by atoms with E-state index in [9.17, 15) is 27.2 Å². The van der Waals surface area contributed by atoms with Crippen LogP contribution in [0.2, 0.25) is 0 Å². The molecule has 2 aliphatic heterocycles. The molecule has 2 amide bonds. The van der Waals surface area contributed by atoms with Crippen LogP contribution >= 0.6 is 0 Å². The molecule has 3 heterocycles. The van der Waals surface area contributed by atoms with Gasteiger partial charge < -0.3 is 20.7 Å². The minimum atomic E-state index is -4.83. The van der Waals surface area contributed by atoms with E-state index in [1.165, 1.54) is 20.0 Å². The van der Waals surface area contributed by atoms with Crippen molar-refractivity contribution in [3.05, 3.63) is 53.5 Å². The molecule has 35 heavy (non-hydrogen) atoms. The number of nitrogens with two attached hydrogens (primary N) is 1. The maximum Gasteiger partial charge on any atom is 0.420 e. The number of alkyl halides is 3. The van der Waals surface area contributed by atoms with Crippen molar-refractivity contribution >= 4 is 17.6 Å². The van der Waals surface area contributed by atoms with E-state index in [0.29, 0.717) is 24.5 Å². The van der Waals surface area contributed by atoms with Crippen LogP contribution in [0.5, 0.6) is 5.75 Å². The fraction of sp³-hybridized carbons (Fsp3) is 0.458. The summed E-state index contributed by atoms with van der Waals surface area (Å²) < 4.78 is 58.8. The number of anilines is 1. The molecule has 0 saturated carbocycles. The van der Waals surface area contributed by atoms with Crippen LogP contribution in [-0.2, 0) is 11.0 Å². The number of carbonyl (C=O) groups is 2. The average molecular weight is 494 g/mol. The van der Waals surface area contributed by atoms with E-state index in [1.54, 1.807) is 12.1 Å². The highest BCUT2D eigenvalue weighted by Gasteiger charge is 2.44. The number of benzene rings is 1. The second kappa shape index (κ2) is 9.01. The number of halogens is 4. The van der Waals surface area contributed by atoms with Crippen LogP contribution < -0.4 is 20.7 Å². The van der Waals surface area contributed by atoms with E-state index in [2.05, 4.69) is 15.2 Å². The molecule has 2 aromatic rings. The summed E-state index contributed by atoms with van der Waals surface area (Å²) in [5, 5.41) is 2.92. The van der Waals surface area contributed by atoms with E-state index in [1.807, 2.05) is 0 Å².